The Morgan fingerprint density at radius 3 is 1.85 bits per heavy atom. The Bertz CT molecular complexity index is 1680. The molecule has 4 rings (SSSR count). The van der Waals surface area contributed by atoms with Crippen LogP contribution in [0.5, 0.6) is 11.5 Å². The van der Waals surface area contributed by atoms with Crippen molar-refractivity contribution < 1.29 is 28.3 Å². The lowest BCUT2D eigenvalue weighted by Gasteiger charge is -2.45. The van der Waals surface area contributed by atoms with E-state index in [0.717, 1.165) is 80.3 Å². The van der Waals surface area contributed by atoms with Crippen LogP contribution in [-0.4, -0.2) is 90.7 Å². The quantitative estimate of drug-likeness (QED) is 0.0941. The highest BCUT2D eigenvalue weighted by molar-refractivity contribution is 6.31. The van der Waals surface area contributed by atoms with Crippen LogP contribution < -0.4 is 36.9 Å². The second-order valence-electron chi connectivity index (χ2n) is 12.6. The van der Waals surface area contributed by atoms with Crippen LogP contribution in [0.2, 0.25) is 5.15 Å². The van der Waals surface area contributed by atoms with E-state index in [-0.39, 0.29) is 66.6 Å². The summed E-state index contributed by atoms with van der Waals surface area (Å²) in [6.07, 6.45) is 5.25. The molecule has 0 aliphatic carbocycles. The molecule has 3 amide bonds. The van der Waals surface area contributed by atoms with E-state index in [1.165, 1.54) is 0 Å². The fraction of sp³-hybridized carbons (Fsp3) is 0.417. The maximum atomic E-state index is 13.2. The van der Waals surface area contributed by atoms with Gasteiger partial charge in [0.05, 0.1) is 44.4 Å². The van der Waals surface area contributed by atoms with Gasteiger partial charge in [0.2, 0.25) is 0 Å². The summed E-state index contributed by atoms with van der Waals surface area (Å²) in [5, 5.41) is 25.1. The first-order valence-corrected chi connectivity index (χ1v) is 17.4. The first kappa shape index (κ1) is 39.2. The normalized spacial score (nSPS) is 14.6. The lowest BCUT2D eigenvalue weighted by molar-refractivity contribution is -0.933. The van der Waals surface area contributed by atoms with Gasteiger partial charge in [-0.1, -0.05) is 35.9 Å². The number of nitrogens with zero attached hydrogens (tertiary/aromatic N) is 5. The number of amides is 3. The summed E-state index contributed by atoms with van der Waals surface area (Å²) in [7, 11) is 0. The minimum atomic E-state index is -0.438. The Morgan fingerprint density at radius 2 is 1.35 bits per heavy atom. The van der Waals surface area contributed by atoms with Crippen molar-refractivity contribution in [3.63, 3.8) is 0 Å². The number of anilines is 2. The number of nitrogens with two attached hydrogens (primary N) is 2. The van der Waals surface area contributed by atoms with Crippen LogP contribution in [0.4, 0.5) is 11.6 Å². The number of aryl methyl sites for hydroxylation is 2. The summed E-state index contributed by atoms with van der Waals surface area (Å²) >= 11 is 6.04. The second kappa shape index (κ2) is 19.7. The van der Waals surface area contributed by atoms with Gasteiger partial charge >= 0.3 is 0 Å². The van der Waals surface area contributed by atoms with Crippen LogP contribution in [0.15, 0.2) is 48.5 Å². The number of carbonyl (C=O) groups is 3. The molecule has 15 nitrogen and oxygen atoms in total. The van der Waals surface area contributed by atoms with E-state index in [1.807, 2.05) is 60.7 Å². The Labute approximate surface area is 307 Å². The number of nitrogens with one attached hydrogen (secondary N) is 3. The molecule has 0 unspecified atom stereocenters. The average Bonchev–Trinajstić information content (AvgIpc) is 3.14. The molecular formula is C36H44ClN10O5+. The van der Waals surface area contributed by atoms with Gasteiger partial charge in [-0.3, -0.25) is 14.4 Å². The Hall–Kier alpha value is -5.64. The standard InChI is InChI=1S/C36H43ClN10O5/c37-33-35(41)46-34(40)32(45-33)36(50)44-27-6-3-21-47(22-27,19-1-4-25-7-11-28(12-8-25)51-23-30(48)42-17-15-38)20-2-5-26-9-13-29(14-10-26)52-24-31(49)43-18-16-39/h7-14,27H,1-6,17-24H2,(H6-,40,41,42,43,44,46,48,49,50)/p+1/t27-/m0/s1. The molecule has 1 aromatic heterocycles. The van der Waals surface area contributed by atoms with E-state index in [4.69, 9.17) is 43.1 Å². The smallest absolute Gasteiger partial charge is 0.274 e. The van der Waals surface area contributed by atoms with Crippen LogP contribution in [-0.2, 0) is 22.4 Å². The molecule has 274 valence electrons. The molecule has 1 atom stereocenters. The predicted octanol–water partition coefficient (Wildman–Crippen LogP) is 2.31. The minimum absolute atomic E-state index is 0.0350. The van der Waals surface area contributed by atoms with E-state index in [9.17, 15) is 14.4 Å². The molecule has 52 heavy (non-hydrogen) atoms. The van der Waals surface area contributed by atoms with Crippen molar-refractivity contribution in [2.75, 3.05) is 63.9 Å². The van der Waals surface area contributed by atoms with Gasteiger partial charge in [0, 0.05) is 12.8 Å². The van der Waals surface area contributed by atoms with Gasteiger partial charge in [0.25, 0.3) is 17.7 Å². The first-order chi connectivity index (χ1) is 25.1. The molecule has 16 heteroatoms. The van der Waals surface area contributed by atoms with Gasteiger partial charge in [-0.15, -0.1) is 0 Å². The molecule has 1 aliphatic heterocycles. The fourth-order valence-corrected chi connectivity index (χ4v) is 6.37. The topological polar surface area (TPSA) is 231 Å². The summed E-state index contributed by atoms with van der Waals surface area (Å²) < 4.78 is 11.9. The molecular weight excluding hydrogens is 688 g/mol. The number of nitrogen functional groups attached to an aromatic ring is 2. The lowest BCUT2D eigenvalue weighted by Crippen LogP contribution is -2.60. The van der Waals surface area contributed by atoms with Gasteiger partial charge in [-0.05, 0) is 61.1 Å². The largest absolute Gasteiger partial charge is 0.484 e. The zero-order valence-electron chi connectivity index (χ0n) is 28.9. The van der Waals surface area contributed by atoms with Crippen molar-refractivity contribution in [1.82, 2.24) is 25.9 Å². The van der Waals surface area contributed by atoms with Crippen molar-refractivity contribution >= 4 is 41.0 Å². The van der Waals surface area contributed by atoms with E-state index >= 15 is 0 Å². The van der Waals surface area contributed by atoms with E-state index in [1.54, 1.807) is 0 Å². The summed E-state index contributed by atoms with van der Waals surface area (Å²) in [5.41, 5.74) is 13.9. The number of hydrogen-bond donors (Lipinski definition) is 5. The number of carbonyl (C=O) groups excluding carboxylic acids is 3. The number of rotatable bonds is 18. The van der Waals surface area contributed by atoms with Crippen LogP contribution in [0.25, 0.3) is 0 Å². The molecule has 1 aliphatic rings. The van der Waals surface area contributed by atoms with Crippen molar-refractivity contribution in [3.8, 4) is 23.6 Å². The number of piperidine rings is 1. The highest BCUT2D eigenvalue weighted by Gasteiger charge is 2.35. The first-order valence-electron chi connectivity index (χ1n) is 17.0. The average molecular weight is 732 g/mol. The summed E-state index contributed by atoms with van der Waals surface area (Å²) in [6.45, 7) is 3.07. The highest BCUT2D eigenvalue weighted by Crippen LogP contribution is 2.25. The van der Waals surface area contributed by atoms with Crippen molar-refractivity contribution in [2.24, 2.45) is 0 Å². The predicted molar refractivity (Wildman–Crippen MR) is 194 cm³/mol. The third-order valence-electron chi connectivity index (χ3n) is 8.76. The van der Waals surface area contributed by atoms with E-state index in [2.05, 4.69) is 25.9 Å². The van der Waals surface area contributed by atoms with Gasteiger partial charge in [-0.25, -0.2) is 9.97 Å². The molecule has 0 bridgehead atoms. The molecule has 7 N–H and O–H groups in total. The van der Waals surface area contributed by atoms with Crippen LogP contribution in [0.3, 0.4) is 0 Å². The summed E-state index contributed by atoms with van der Waals surface area (Å²) in [5.74, 6) is -0.118. The summed E-state index contributed by atoms with van der Waals surface area (Å²) in [4.78, 5) is 44.7. The highest BCUT2D eigenvalue weighted by atomic mass is 35.5. The van der Waals surface area contributed by atoms with Gasteiger partial charge in [0.15, 0.2) is 35.7 Å². The zero-order chi connectivity index (χ0) is 37.3. The molecule has 0 spiro atoms. The molecule has 2 aromatic carbocycles. The molecule has 0 radical (unpaired) electrons. The monoisotopic (exact) mass is 731 g/mol. The number of ether oxygens (including phenoxy) is 2. The number of aromatic nitrogens is 2. The minimum Gasteiger partial charge on any atom is -0.484 e. The maximum absolute atomic E-state index is 13.2. The van der Waals surface area contributed by atoms with E-state index in [0.29, 0.717) is 11.5 Å². The Morgan fingerprint density at radius 1 is 0.827 bits per heavy atom. The number of benzene rings is 2. The third kappa shape index (κ3) is 12.3. The van der Waals surface area contributed by atoms with E-state index < -0.39 is 5.91 Å². The Kier molecular flexibility index (Phi) is 14.8. The number of nitriles is 2. The number of quaternary nitrogens is 1. The molecule has 1 fully saturated rings. The van der Waals surface area contributed by atoms with Gasteiger partial charge in [-0.2, -0.15) is 10.5 Å². The van der Waals surface area contributed by atoms with Gasteiger partial charge < -0.3 is 41.4 Å². The summed E-state index contributed by atoms with van der Waals surface area (Å²) in [6, 6.07) is 18.9. The third-order valence-corrected chi connectivity index (χ3v) is 9.04. The van der Waals surface area contributed by atoms with Gasteiger partial charge in [0.1, 0.15) is 24.6 Å². The van der Waals surface area contributed by atoms with Crippen LogP contribution in [0.1, 0.15) is 47.3 Å². The van der Waals surface area contributed by atoms with Crippen LogP contribution in [0, 0.1) is 22.7 Å². The fourth-order valence-electron chi connectivity index (χ4n) is 6.24. The molecule has 2 heterocycles. The second-order valence-corrected chi connectivity index (χ2v) is 12.9. The molecule has 0 saturated carbocycles. The Balaban J connectivity index is 1.37. The maximum Gasteiger partial charge on any atom is 0.274 e. The van der Waals surface area contributed by atoms with Crippen molar-refractivity contribution in [2.45, 2.75) is 44.6 Å². The van der Waals surface area contributed by atoms with Crippen molar-refractivity contribution in [1.29, 1.82) is 10.5 Å². The lowest BCUT2D eigenvalue weighted by atomic mass is 9.99. The van der Waals surface area contributed by atoms with Crippen LogP contribution >= 0.6 is 11.6 Å². The number of hydrogen-bond acceptors (Lipinski definition) is 11. The number of likely N-dealkylation sites (tertiary alicyclic amines) is 1. The van der Waals surface area contributed by atoms with Crippen molar-refractivity contribution in [3.05, 3.63) is 70.5 Å². The SMILES string of the molecule is N#CCNC(=O)COc1ccc(CCC[N+]2(CCCc3ccc(OCC(=O)NCC#N)cc3)CCC[C@H](NC(=O)c3nc(Cl)c(N)nc3N)C2)cc1. The molecule has 3 aromatic rings. The number of halogens is 1. The zero-order valence-corrected chi connectivity index (χ0v) is 29.7. The molecule has 1 saturated heterocycles.